The summed E-state index contributed by atoms with van der Waals surface area (Å²) >= 11 is 0. The maximum absolute atomic E-state index is 2.34. The van der Waals surface area contributed by atoms with Crippen LogP contribution in [0.25, 0.3) is 33.4 Å². The molecule has 4 aromatic rings. The Morgan fingerprint density at radius 2 is 0.966 bits per heavy atom. The van der Waals surface area contributed by atoms with Gasteiger partial charge in [0.1, 0.15) is 0 Å². The minimum atomic E-state index is 0.157. The van der Waals surface area contributed by atoms with Gasteiger partial charge in [0.25, 0.3) is 0 Å². The van der Waals surface area contributed by atoms with E-state index < -0.39 is 0 Å². The second-order valence-electron chi connectivity index (χ2n) is 8.81. The quantitative estimate of drug-likeness (QED) is 0.337. The molecule has 0 saturated carbocycles. The summed E-state index contributed by atoms with van der Waals surface area (Å²) < 4.78 is 0. The zero-order chi connectivity index (χ0) is 20.4. The molecule has 0 N–H and O–H groups in total. The Morgan fingerprint density at radius 3 is 1.41 bits per heavy atom. The fraction of sp³-hybridized carbons (Fsp3) is 0.172. The molecule has 0 aliphatic heterocycles. The van der Waals surface area contributed by atoms with Gasteiger partial charge < -0.3 is 0 Å². The average Bonchev–Trinajstić information content (AvgIpc) is 2.74. The average molecular weight is 377 g/mol. The number of hydrogen-bond donors (Lipinski definition) is 0. The molecule has 0 heterocycles. The van der Waals surface area contributed by atoms with E-state index in [-0.39, 0.29) is 5.41 Å². The van der Waals surface area contributed by atoms with E-state index in [1.54, 1.807) is 0 Å². The highest BCUT2D eigenvalue weighted by atomic mass is 14.2. The van der Waals surface area contributed by atoms with Crippen molar-refractivity contribution in [2.24, 2.45) is 0 Å². The highest BCUT2D eigenvalue weighted by Crippen LogP contribution is 2.35. The van der Waals surface area contributed by atoms with Crippen LogP contribution in [0.1, 0.15) is 31.9 Å². The third-order valence-electron chi connectivity index (χ3n) is 5.55. The third kappa shape index (κ3) is 4.17. The van der Waals surface area contributed by atoms with Crippen molar-refractivity contribution in [2.75, 3.05) is 0 Å². The largest absolute Gasteiger partial charge is 0.0622 e. The Kier molecular flexibility index (Phi) is 5.11. The summed E-state index contributed by atoms with van der Waals surface area (Å²) in [6, 6.07) is 35.1. The van der Waals surface area contributed by atoms with Crippen molar-refractivity contribution in [3.8, 4) is 33.4 Å². The molecule has 0 nitrogen and oxygen atoms in total. The van der Waals surface area contributed by atoms with Gasteiger partial charge >= 0.3 is 0 Å². The summed E-state index contributed by atoms with van der Waals surface area (Å²) in [6.45, 7) is 9.03. The molecule has 0 spiro atoms. The van der Waals surface area contributed by atoms with Crippen molar-refractivity contribution < 1.29 is 0 Å². The molecule has 0 unspecified atom stereocenters. The van der Waals surface area contributed by atoms with Gasteiger partial charge in [-0.2, -0.15) is 0 Å². The molecular weight excluding hydrogens is 348 g/mol. The van der Waals surface area contributed by atoms with Crippen LogP contribution in [-0.4, -0.2) is 0 Å². The molecule has 0 aliphatic carbocycles. The van der Waals surface area contributed by atoms with Crippen LogP contribution in [-0.2, 0) is 5.41 Å². The summed E-state index contributed by atoms with van der Waals surface area (Å²) in [5.74, 6) is 0. The molecule has 0 saturated heterocycles. The van der Waals surface area contributed by atoms with Crippen molar-refractivity contribution in [3.63, 3.8) is 0 Å². The van der Waals surface area contributed by atoms with E-state index in [9.17, 15) is 0 Å². The van der Waals surface area contributed by atoms with Gasteiger partial charge in [-0.25, -0.2) is 0 Å². The molecule has 0 amide bonds. The van der Waals surface area contributed by atoms with E-state index in [0.717, 1.165) is 0 Å². The lowest BCUT2D eigenvalue weighted by Crippen LogP contribution is -2.11. The number of benzene rings is 4. The minimum absolute atomic E-state index is 0.157. The maximum Gasteiger partial charge on any atom is -0.0132 e. The molecular formula is C29H28. The number of aryl methyl sites for hydroxylation is 1. The molecule has 0 bridgehead atoms. The zero-order valence-corrected chi connectivity index (χ0v) is 17.7. The van der Waals surface area contributed by atoms with E-state index in [1.807, 2.05) is 0 Å². The number of hydrogen-bond acceptors (Lipinski definition) is 0. The Bertz CT molecular complexity index is 1060. The molecule has 4 rings (SSSR count). The predicted octanol–water partition coefficient (Wildman–Crippen LogP) is 8.29. The fourth-order valence-electron chi connectivity index (χ4n) is 3.83. The minimum Gasteiger partial charge on any atom is -0.0622 e. The van der Waals surface area contributed by atoms with Crippen molar-refractivity contribution in [3.05, 3.63) is 108 Å². The SMILES string of the molecule is Cc1cc(C(C)(C)C)ccc1-c1cc(-c2ccccc2)cc(-c2ccccc2)c1. The van der Waals surface area contributed by atoms with Gasteiger partial charge in [-0.05, 0) is 75.0 Å². The lowest BCUT2D eigenvalue weighted by atomic mass is 9.84. The molecule has 29 heavy (non-hydrogen) atoms. The van der Waals surface area contributed by atoms with Crippen LogP contribution < -0.4 is 0 Å². The van der Waals surface area contributed by atoms with Crippen LogP contribution >= 0.6 is 0 Å². The summed E-state index contributed by atoms with van der Waals surface area (Å²) in [6.07, 6.45) is 0. The van der Waals surface area contributed by atoms with Crippen molar-refractivity contribution in [2.45, 2.75) is 33.1 Å². The predicted molar refractivity (Wildman–Crippen MR) is 126 cm³/mol. The van der Waals surface area contributed by atoms with E-state index in [0.29, 0.717) is 0 Å². The normalized spacial score (nSPS) is 11.4. The second-order valence-corrected chi connectivity index (χ2v) is 8.81. The van der Waals surface area contributed by atoms with Crippen molar-refractivity contribution in [1.29, 1.82) is 0 Å². The zero-order valence-electron chi connectivity index (χ0n) is 17.7. The van der Waals surface area contributed by atoms with Crippen LogP contribution in [0.2, 0.25) is 0 Å². The maximum atomic E-state index is 2.34. The Labute approximate surface area is 174 Å². The summed E-state index contributed by atoms with van der Waals surface area (Å²) in [7, 11) is 0. The summed E-state index contributed by atoms with van der Waals surface area (Å²) in [4.78, 5) is 0. The molecule has 4 aromatic carbocycles. The molecule has 144 valence electrons. The monoisotopic (exact) mass is 376 g/mol. The van der Waals surface area contributed by atoms with E-state index in [1.165, 1.54) is 44.5 Å². The lowest BCUT2D eigenvalue weighted by Gasteiger charge is -2.21. The van der Waals surface area contributed by atoms with Crippen molar-refractivity contribution >= 4 is 0 Å². The first-order valence-corrected chi connectivity index (χ1v) is 10.3. The van der Waals surface area contributed by atoms with Gasteiger partial charge in [0, 0.05) is 0 Å². The van der Waals surface area contributed by atoms with Gasteiger partial charge in [0.05, 0.1) is 0 Å². The molecule has 0 heteroatoms. The molecule has 0 atom stereocenters. The van der Waals surface area contributed by atoms with E-state index >= 15 is 0 Å². The van der Waals surface area contributed by atoms with Crippen LogP contribution in [0.3, 0.4) is 0 Å². The van der Waals surface area contributed by atoms with Gasteiger partial charge in [-0.1, -0.05) is 99.6 Å². The summed E-state index contributed by atoms with van der Waals surface area (Å²) in [5.41, 5.74) is 10.4. The molecule has 0 aliphatic rings. The number of rotatable bonds is 3. The molecule has 0 aromatic heterocycles. The van der Waals surface area contributed by atoms with Gasteiger partial charge in [0.2, 0.25) is 0 Å². The third-order valence-corrected chi connectivity index (χ3v) is 5.55. The smallest absolute Gasteiger partial charge is 0.0132 e. The highest BCUT2D eigenvalue weighted by Gasteiger charge is 2.15. The van der Waals surface area contributed by atoms with Crippen LogP contribution in [0.4, 0.5) is 0 Å². The molecule has 0 radical (unpaired) electrons. The highest BCUT2D eigenvalue weighted by molar-refractivity contribution is 5.82. The standard InChI is InChI=1S/C29H28/c1-21-17-27(29(2,3)4)15-16-28(21)26-19-24(22-11-7-5-8-12-22)18-25(20-26)23-13-9-6-10-14-23/h5-20H,1-4H3. The Hall–Kier alpha value is -3.12. The van der Waals surface area contributed by atoms with E-state index in [2.05, 4.69) is 125 Å². The first-order valence-electron chi connectivity index (χ1n) is 10.3. The lowest BCUT2D eigenvalue weighted by molar-refractivity contribution is 0.590. The molecule has 0 fully saturated rings. The van der Waals surface area contributed by atoms with Crippen LogP contribution in [0.5, 0.6) is 0 Å². The fourth-order valence-corrected chi connectivity index (χ4v) is 3.83. The van der Waals surface area contributed by atoms with E-state index in [4.69, 9.17) is 0 Å². The topological polar surface area (TPSA) is 0 Å². The van der Waals surface area contributed by atoms with Crippen LogP contribution in [0.15, 0.2) is 97.1 Å². The second kappa shape index (κ2) is 7.72. The first-order chi connectivity index (χ1) is 13.9. The van der Waals surface area contributed by atoms with Gasteiger partial charge in [0.15, 0.2) is 0 Å². The first kappa shape index (κ1) is 19.2. The van der Waals surface area contributed by atoms with Gasteiger partial charge in [-0.15, -0.1) is 0 Å². The van der Waals surface area contributed by atoms with Gasteiger partial charge in [-0.3, -0.25) is 0 Å². The Morgan fingerprint density at radius 1 is 0.483 bits per heavy atom. The van der Waals surface area contributed by atoms with Crippen molar-refractivity contribution in [1.82, 2.24) is 0 Å². The van der Waals surface area contributed by atoms with Crippen LogP contribution in [0, 0.1) is 6.92 Å². The Balaban J connectivity index is 1.89. The summed E-state index contributed by atoms with van der Waals surface area (Å²) in [5, 5.41) is 0.